The highest BCUT2D eigenvalue weighted by Gasteiger charge is 2.41. The lowest BCUT2D eigenvalue weighted by Crippen LogP contribution is -2.42. The second-order valence-electron chi connectivity index (χ2n) is 11.1. The summed E-state index contributed by atoms with van der Waals surface area (Å²) < 4.78 is 13.3. The number of aryl methyl sites for hydroxylation is 2. The third-order valence-electron chi connectivity index (χ3n) is 7.98. The Morgan fingerprint density at radius 2 is 1.85 bits per heavy atom. The molecule has 2 N–H and O–H groups in total. The Hall–Kier alpha value is -4.94. The number of rotatable bonds is 6. The molecule has 2 atom stereocenters. The highest BCUT2D eigenvalue weighted by molar-refractivity contribution is 5.95. The molecule has 46 heavy (non-hydrogen) atoms. The van der Waals surface area contributed by atoms with Gasteiger partial charge in [0.2, 0.25) is 17.7 Å². The van der Waals surface area contributed by atoms with Crippen LogP contribution in [0, 0.1) is 5.92 Å². The van der Waals surface area contributed by atoms with Crippen molar-refractivity contribution in [1.82, 2.24) is 29.7 Å². The molecule has 246 valence electrons. The quantitative estimate of drug-likeness (QED) is 0.416. The van der Waals surface area contributed by atoms with E-state index in [-0.39, 0.29) is 30.2 Å². The Labute approximate surface area is 268 Å². The van der Waals surface area contributed by atoms with Crippen LogP contribution in [0.3, 0.4) is 0 Å². The first kappa shape index (κ1) is 33.9. The first-order chi connectivity index (χ1) is 22.2. The molecule has 3 aromatic rings. The lowest BCUT2D eigenvalue weighted by Gasteiger charge is -2.25. The summed E-state index contributed by atoms with van der Waals surface area (Å²) in [4.78, 5) is 61.2. The molecule has 13 nitrogen and oxygen atoms in total. The summed E-state index contributed by atoms with van der Waals surface area (Å²) in [5.41, 5.74) is 1.41. The number of nitrogens with one attached hydrogen (secondary N) is 1. The number of aliphatic carboxylic acids is 1. The van der Waals surface area contributed by atoms with Gasteiger partial charge in [-0.3, -0.25) is 19.2 Å². The zero-order chi connectivity index (χ0) is 33.1. The number of carboxylic acid groups (broad SMARTS) is 1. The van der Waals surface area contributed by atoms with Crippen LogP contribution >= 0.6 is 0 Å². The molecule has 4 heterocycles. The molecule has 2 aliphatic rings. The Balaban J connectivity index is 0.00000113. The van der Waals surface area contributed by atoms with E-state index in [1.807, 2.05) is 42.0 Å². The molecule has 3 amide bonds. The van der Waals surface area contributed by atoms with Crippen LogP contribution in [-0.4, -0.2) is 99.6 Å². The summed E-state index contributed by atoms with van der Waals surface area (Å²) in [6.45, 7) is 6.08. The number of carboxylic acids is 1. The van der Waals surface area contributed by atoms with E-state index in [1.54, 1.807) is 28.1 Å². The number of benzene rings is 1. The summed E-state index contributed by atoms with van der Waals surface area (Å²) in [6, 6.07) is 11.0. The van der Waals surface area contributed by atoms with Gasteiger partial charge in [-0.2, -0.15) is 0 Å². The van der Waals surface area contributed by atoms with Crippen molar-refractivity contribution in [2.45, 2.75) is 45.6 Å². The van der Waals surface area contributed by atoms with Gasteiger partial charge in [0.1, 0.15) is 11.6 Å². The Kier molecular flexibility index (Phi) is 12.1. The minimum atomic E-state index is -0.833. The standard InChI is InChI=1S/C31H38N6O5.C2H4O2/c1-3-27-32-11-15-35(27)14-9-29(38)36-13-5-17-42-24-7-4-6-22(18-24)25-20-37(21-26(25)30(39)34-12-16-36)31(40)23-8-10-33-28(19-23)41-2;1-2(3)4/h4,6-8,10-11,15,18-19,25-26H,3,5,9,12-14,16-17,20-21H2,1-2H3,(H,34,39);1H3,(H,3,4)/t25-,26+;/m1./s1. The molecule has 2 aliphatic heterocycles. The third kappa shape index (κ3) is 9.05. The average Bonchev–Trinajstić information content (AvgIpc) is 3.71. The van der Waals surface area contributed by atoms with Crippen LogP contribution in [0.4, 0.5) is 0 Å². The van der Waals surface area contributed by atoms with E-state index in [1.165, 1.54) is 13.3 Å². The summed E-state index contributed by atoms with van der Waals surface area (Å²) in [5.74, 6) is 0.240. The number of fused-ring (bicyclic) bond motifs is 4. The molecule has 0 spiro atoms. The van der Waals surface area contributed by atoms with E-state index in [0.29, 0.717) is 69.4 Å². The summed E-state index contributed by atoms with van der Waals surface area (Å²) in [7, 11) is 1.51. The van der Waals surface area contributed by atoms with Crippen molar-refractivity contribution < 1.29 is 33.8 Å². The van der Waals surface area contributed by atoms with Gasteiger partial charge < -0.3 is 34.3 Å². The van der Waals surface area contributed by atoms with Crippen LogP contribution < -0.4 is 14.8 Å². The fraction of sp³-hybridized carbons (Fsp3) is 0.455. The number of imidazole rings is 1. The Bertz CT molecular complexity index is 1500. The number of aromatic nitrogens is 3. The molecule has 5 rings (SSSR count). The van der Waals surface area contributed by atoms with Crippen LogP contribution in [0.1, 0.15) is 54.4 Å². The zero-order valence-electron chi connectivity index (χ0n) is 26.6. The molecule has 1 fully saturated rings. The molecule has 0 aliphatic carbocycles. The van der Waals surface area contributed by atoms with Crippen molar-refractivity contribution in [3.05, 3.63) is 71.9 Å². The molecular weight excluding hydrogens is 592 g/mol. The van der Waals surface area contributed by atoms with E-state index >= 15 is 0 Å². The number of ether oxygens (including phenoxy) is 2. The molecule has 2 aromatic heterocycles. The molecule has 13 heteroatoms. The van der Waals surface area contributed by atoms with Crippen LogP contribution in [0.25, 0.3) is 0 Å². The van der Waals surface area contributed by atoms with Gasteiger partial charge in [-0.05, 0) is 30.2 Å². The first-order valence-corrected chi connectivity index (χ1v) is 15.5. The Morgan fingerprint density at radius 3 is 2.61 bits per heavy atom. The molecule has 0 saturated carbocycles. The van der Waals surface area contributed by atoms with Gasteiger partial charge in [0, 0.05) is 95.2 Å². The van der Waals surface area contributed by atoms with Gasteiger partial charge in [-0.25, -0.2) is 9.97 Å². The fourth-order valence-electron chi connectivity index (χ4n) is 5.73. The van der Waals surface area contributed by atoms with Crippen LogP contribution in [0.2, 0.25) is 0 Å². The first-order valence-electron chi connectivity index (χ1n) is 15.5. The molecule has 1 saturated heterocycles. The SMILES string of the molecule is CC(=O)O.CCc1nccn1CCC(=O)N1CCCOc2cccc(c2)[C@H]2CN(C(=O)c3ccnc(OC)c3)C[C@@H]2C(=O)NCC1. The fourth-order valence-corrected chi connectivity index (χ4v) is 5.73. The molecular formula is C33H42N6O7. The zero-order valence-corrected chi connectivity index (χ0v) is 26.6. The van der Waals surface area contributed by atoms with Crippen LogP contribution in [0.15, 0.2) is 55.0 Å². The number of pyridine rings is 1. The van der Waals surface area contributed by atoms with Crippen molar-refractivity contribution in [3.8, 4) is 11.6 Å². The second-order valence-corrected chi connectivity index (χ2v) is 11.1. The number of hydrogen-bond donors (Lipinski definition) is 2. The highest BCUT2D eigenvalue weighted by atomic mass is 16.5. The third-order valence-corrected chi connectivity index (χ3v) is 7.98. The van der Waals surface area contributed by atoms with Gasteiger partial charge in [0.15, 0.2) is 0 Å². The lowest BCUT2D eigenvalue weighted by atomic mass is 9.88. The smallest absolute Gasteiger partial charge is 0.300 e. The normalized spacial score (nSPS) is 18.2. The van der Waals surface area contributed by atoms with E-state index < -0.39 is 11.9 Å². The predicted octanol–water partition coefficient (Wildman–Crippen LogP) is 2.61. The maximum absolute atomic E-state index is 13.6. The van der Waals surface area contributed by atoms with E-state index in [2.05, 4.69) is 15.3 Å². The van der Waals surface area contributed by atoms with Crippen LogP contribution in [0.5, 0.6) is 11.6 Å². The number of carbonyl (C=O) groups is 4. The highest BCUT2D eigenvalue weighted by Crippen LogP contribution is 2.35. The largest absolute Gasteiger partial charge is 0.494 e. The number of carbonyl (C=O) groups excluding carboxylic acids is 3. The summed E-state index contributed by atoms with van der Waals surface area (Å²) in [6.07, 6.45) is 7.01. The van der Waals surface area contributed by atoms with Crippen molar-refractivity contribution in [1.29, 1.82) is 0 Å². The van der Waals surface area contributed by atoms with Gasteiger partial charge >= 0.3 is 0 Å². The second kappa shape index (κ2) is 16.4. The van der Waals surface area contributed by atoms with Gasteiger partial charge in [0.05, 0.1) is 19.6 Å². The topological polar surface area (TPSA) is 156 Å². The maximum atomic E-state index is 13.6. The monoisotopic (exact) mass is 634 g/mol. The van der Waals surface area contributed by atoms with E-state index in [9.17, 15) is 14.4 Å². The lowest BCUT2D eigenvalue weighted by molar-refractivity contribution is -0.134. The predicted molar refractivity (Wildman–Crippen MR) is 169 cm³/mol. The van der Waals surface area contributed by atoms with E-state index in [0.717, 1.165) is 24.7 Å². The van der Waals surface area contributed by atoms with Gasteiger partial charge in [0.25, 0.3) is 11.9 Å². The summed E-state index contributed by atoms with van der Waals surface area (Å²) in [5, 5.41) is 10.5. The van der Waals surface area contributed by atoms with Crippen molar-refractivity contribution in [2.24, 2.45) is 5.92 Å². The summed E-state index contributed by atoms with van der Waals surface area (Å²) >= 11 is 0. The number of nitrogens with zero attached hydrogens (tertiary/aromatic N) is 5. The molecule has 0 radical (unpaired) electrons. The number of likely N-dealkylation sites (tertiary alicyclic amines) is 1. The van der Waals surface area contributed by atoms with Crippen molar-refractivity contribution in [3.63, 3.8) is 0 Å². The van der Waals surface area contributed by atoms with Gasteiger partial charge in [-0.1, -0.05) is 19.1 Å². The number of amides is 3. The number of hydrogen-bond acceptors (Lipinski definition) is 8. The van der Waals surface area contributed by atoms with Crippen molar-refractivity contribution >= 4 is 23.7 Å². The minimum Gasteiger partial charge on any atom is -0.494 e. The van der Waals surface area contributed by atoms with Gasteiger partial charge in [-0.15, -0.1) is 0 Å². The maximum Gasteiger partial charge on any atom is 0.300 e. The molecule has 2 bridgehead atoms. The number of methoxy groups -OCH3 is 1. The van der Waals surface area contributed by atoms with E-state index in [4.69, 9.17) is 19.4 Å². The van der Waals surface area contributed by atoms with Crippen LogP contribution in [-0.2, 0) is 27.3 Å². The Morgan fingerprint density at radius 1 is 1.07 bits per heavy atom. The minimum absolute atomic E-state index is 0.0254. The average molecular weight is 635 g/mol. The molecule has 1 aromatic carbocycles. The van der Waals surface area contributed by atoms with Crippen molar-refractivity contribution in [2.75, 3.05) is 46.4 Å². The molecule has 0 unspecified atom stereocenters.